The SMILES string of the molecule is C[C@@H]1CCC[C@@H](C)N1C(=O)CSc1ncn[nH]1. The minimum Gasteiger partial charge on any atom is -0.337 e. The van der Waals surface area contributed by atoms with Gasteiger partial charge >= 0.3 is 0 Å². The highest BCUT2D eigenvalue weighted by molar-refractivity contribution is 7.99. The Labute approximate surface area is 105 Å². The number of carbonyl (C=O) groups is 1. The van der Waals surface area contributed by atoms with Gasteiger partial charge in [-0.1, -0.05) is 11.8 Å². The molecule has 1 amide bonds. The fourth-order valence-electron chi connectivity index (χ4n) is 2.38. The van der Waals surface area contributed by atoms with E-state index in [1.54, 1.807) is 0 Å². The van der Waals surface area contributed by atoms with Crippen LogP contribution in [0.4, 0.5) is 0 Å². The number of aromatic amines is 1. The van der Waals surface area contributed by atoms with Crippen molar-refractivity contribution in [1.82, 2.24) is 20.1 Å². The van der Waals surface area contributed by atoms with E-state index in [1.165, 1.54) is 24.5 Å². The molecule has 1 aromatic heterocycles. The lowest BCUT2D eigenvalue weighted by molar-refractivity contribution is -0.134. The highest BCUT2D eigenvalue weighted by Crippen LogP contribution is 2.24. The molecule has 1 fully saturated rings. The summed E-state index contributed by atoms with van der Waals surface area (Å²) in [6.45, 7) is 4.26. The Morgan fingerprint density at radius 1 is 1.53 bits per heavy atom. The molecule has 2 rings (SSSR count). The van der Waals surface area contributed by atoms with Gasteiger partial charge in [-0.05, 0) is 33.1 Å². The number of H-pyrrole nitrogens is 1. The maximum Gasteiger partial charge on any atom is 0.233 e. The quantitative estimate of drug-likeness (QED) is 0.834. The van der Waals surface area contributed by atoms with Crippen LogP contribution in [0.3, 0.4) is 0 Å². The number of hydrogen-bond acceptors (Lipinski definition) is 4. The van der Waals surface area contributed by atoms with E-state index in [1.807, 2.05) is 4.90 Å². The van der Waals surface area contributed by atoms with Gasteiger partial charge in [-0.25, -0.2) is 4.98 Å². The summed E-state index contributed by atoms with van der Waals surface area (Å²) in [6, 6.07) is 0.725. The van der Waals surface area contributed by atoms with Crippen molar-refractivity contribution >= 4 is 17.7 Å². The first kappa shape index (κ1) is 12.4. The van der Waals surface area contributed by atoms with E-state index >= 15 is 0 Å². The van der Waals surface area contributed by atoms with Crippen molar-refractivity contribution < 1.29 is 4.79 Å². The van der Waals surface area contributed by atoms with E-state index in [4.69, 9.17) is 0 Å². The highest BCUT2D eigenvalue weighted by Gasteiger charge is 2.28. The first-order valence-electron chi connectivity index (χ1n) is 5.98. The van der Waals surface area contributed by atoms with Crippen molar-refractivity contribution in [3.05, 3.63) is 6.33 Å². The Bertz CT molecular complexity index is 358. The average molecular weight is 254 g/mol. The fourth-order valence-corrected chi connectivity index (χ4v) is 3.03. The van der Waals surface area contributed by atoms with E-state index in [0.717, 1.165) is 12.8 Å². The van der Waals surface area contributed by atoms with Crippen LogP contribution in [-0.2, 0) is 4.79 Å². The van der Waals surface area contributed by atoms with Crippen LogP contribution >= 0.6 is 11.8 Å². The Morgan fingerprint density at radius 3 is 2.82 bits per heavy atom. The smallest absolute Gasteiger partial charge is 0.233 e. The lowest BCUT2D eigenvalue weighted by Gasteiger charge is -2.39. The third kappa shape index (κ3) is 3.00. The molecule has 1 aliphatic heterocycles. The Morgan fingerprint density at radius 2 is 2.24 bits per heavy atom. The van der Waals surface area contributed by atoms with Gasteiger partial charge in [0.15, 0.2) is 5.16 Å². The summed E-state index contributed by atoms with van der Waals surface area (Å²) in [5, 5.41) is 7.21. The van der Waals surface area contributed by atoms with Gasteiger partial charge in [0.05, 0.1) is 5.75 Å². The van der Waals surface area contributed by atoms with Crippen LogP contribution in [0.25, 0.3) is 0 Å². The van der Waals surface area contributed by atoms with E-state index in [2.05, 4.69) is 29.0 Å². The molecule has 2 heterocycles. The molecule has 5 nitrogen and oxygen atoms in total. The van der Waals surface area contributed by atoms with Crippen LogP contribution in [0.5, 0.6) is 0 Å². The molecule has 2 atom stereocenters. The molecule has 0 aliphatic carbocycles. The molecule has 0 spiro atoms. The van der Waals surface area contributed by atoms with E-state index in [-0.39, 0.29) is 5.91 Å². The van der Waals surface area contributed by atoms with Gasteiger partial charge in [0.1, 0.15) is 6.33 Å². The summed E-state index contributed by atoms with van der Waals surface area (Å²) in [5.74, 6) is 0.634. The van der Waals surface area contributed by atoms with Crippen LogP contribution in [0.2, 0.25) is 0 Å². The molecular weight excluding hydrogens is 236 g/mol. The van der Waals surface area contributed by atoms with Gasteiger partial charge in [-0.2, -0.15) is 5.10 Å². The van der Waals surface area contributed by atoms with E-state index < -0.39 is 0 Å². The minimum absolute atomic E-state index is 0.200. The van der Waals surface area contributed by atoms with Crippen molar-refractivity contribution in [2.75, 3.05) is 5.75 Å². The molecule has 94 valence electrons. The van der Waals surface area contributed by atoms with E-state index in [0.29, 0.717) is 23.0 Å². The largest absolute Gasteiger partial charge is 0.337 e. The molecule has 0 bridgehead atoms. The predicted octanol–water partition coefficient (Wildman–Crippen LogP) is 1.69. The molecule has 0 unspecified atom stereocenters. The number of rotatable bonds is 3. The first-order chi connectivity index (χ1) is 8.18. The summed E-state index contributed by atoms with van der Waals surface area (Å²) in [5.41, 5.74) is 0. The number of nitrogens with one attached hydrogen (secondary N) is 1. The molecule has 6 heteroatoms. The van der Waals surface area contributed by atoms with Gasteiger partial charge in [-0.3, -0.25) is 9.89 Å². The van der Waals surface area contributed by atoms with E-state index in [9.17, 15) is 4.79 Å². The third-order valence-corrected chi connectivity index (χ3v) is 4.07. The van der Waals surface area contributed by atoms with Crippen LogP contribution in [0.15, 0.2) is 11.5 Å². The molecule has 1 N–H and O–H groups in total. The van der Waals surface area contributed by atoms with Crippen LogP contribution in [-0.4, -0.2) is 43.8 Å². The summed E-state index contributed by atoms with van der Waals surface area (Å²) >= 11 is 1.41. The second kappa shape index (κ2) is 5.53. The standard InChI is InChI=1S/C11H18N4OS/c1-8-4-3-5-9(2)15(8)10(16)6-17-11-12-7-13-14-11/h7-9H,3-6H2,1-2H3,(H,12,13,14)/t8-,9-/m1/s1. The zero-order valence-electron chi connectivity index (χ0n) is 10.2. The zero-order chi connectivity index (χ0) is 12.3. The van der Waals surface area contributed by atoms with Crippen LogP contribution in [0.1, 0.15) is 33.1 Å². The van der Waals surface area contributed by atoms with Gasteiger partial charge in [-0.15, -0.1) is 0 Å². The monoisotopic (exact) mass is 254 g/mol. The van der Waals surface area contributed by atoms with Crippen LogP contribution < -0.4 is 0 Å². The predicted molar refractivity (Wildman–Crippen MR) is 66.7 cm³/mol. The first-order valence-corrected chi connectivity index (χ1v) is 6.96. The van der Waals surface area contributed by atoms with Gasteiger partial charge in [0.2, 0.25) is 5.91 Å². The second-order valence-electron chi connectivity index (χ2n) is 4.51. The summed E-state index contributed by atoms with van der Waals surface area (Å²) in [4.78, 5) is 18.2. The van der Waals surface area contributed by atoms with Crippen molar-refractivity contribution in [2.45, 2.75) is 50.4 Å². The Hall–Kier alpha value is -1.04. The van der Waals surface area contributed by atoms with Gasteiger partial charge in [0.25, 0.3) is 0 Å². The third-order valence-electron chi connectivity index (χ3n) is 3.21. The maximum atomic E-state index is 12.2. The normalized spacial score (nSPS) is 24.9. The zero-order valence-corrected chi connectivity index (χ0v) is 11.0. The molecule has 1 aromatic rings. The van der Waals surface area contributed by atoms with Crippen molar-refractivity contribution in [3.8, 4) is 0 Å². The molecule has 1 aliphatic rings. The molecular formula is C11H18N4OS. The Balaban J connectivity index is 1.90. The molecule has 1 saturated heterocycles. The summed E-state index contributed by atoms with van der Waals surface area (Å²) in [7, 11) is 0. The number of carbonyl (C=O) groups excluding carboxylic acids is 1. The number of nitrogens with zero attached hydrogens (tertiary/aromatic N) is 3. The summed E-state index contributed by atoms with van der Waals surface area (Å²) < 4.78 is 0. The second-order valence-corrected chi connectivity index (χ2v) is 5.47. The number of piperidine rings is 1. The van der Waals surface area contributed by atoms with Gasteiger partial charge in [0, 0.05) is 12.1 Å². The number of amides is 1. The lowest BCUT2D eigenvalue weighted by Crippen LogP contribution is -2.48. The van der Waals surface area contributed by atoms with Crippen molar-refractivity contribution in [1.29, 1.82) is 0 Å². The number of likely N-dealkylation sites (tertiary alicyclic amines) is 1. The Kier molecular flexibility index (Phi) is 4.04. The maximum absolute atomic E-state index is 12.2. The topological polar surface area (TPSA) is 61.9 Å². The van der Waals surface area contributed by atoms with Crippen molar-refractivity contribution in [3.63, 3.8) is 0 Å². The van der Waals surface area contributed by atoms with Gasteiger partial charge < -0.3 is 4.90 Å². The van der Waals surface area contributed by atoms with Crippen molar-refractivity contribution in [2.24, 2.45) is 0 Å². The number of aromatic nitrogens is 3. The molecule has 17 heavy (non-hydrogen) atoms. The number of thioether (sulfide) groups is 1. The average Bonchev–Trinajstić information content (AvgIpc) is 2.79. The molecule has 0 radical (unpaired) electrons. The summed E-state index contributed by atoms with van der Waals surface area (Å²) in [6.07, 6.45) is 4.91. The number of hydrogen-bond donors (Lipinski definition) is 1. The lowest BCUT2D eigenvalue weighted by atomic mass is 9.98. The minimum atomic E-state index is 0.200. The highest BCUT2D eigenvalue weighted by atomic mass is 32.2. The fraction of sp³-hybridized carbons (Fsp3) is 0.727. The van der Waals surface area contributed by atoms with Crippen LogP contribution in [0, 0.1) is 0 Å². The molecule has 0 aromatic carbocycles. The molecule has 0 saturated carbocycles.